The summed E-state index contributed by atoms with van der Waals surface area (Å²) in [6.07, 6.45) is 1.30. The van der Waals surface area contributed by atoms with Crippen molar-refractivity contribution in [1.29, 1.82) is 0 Å². The van der Waals surface area contributed by atoms with Crippen LogP contribution < -0.4 is 9.47 Å². The lowest BCUT2D eigenvalue weighted by Crippen LogP contribution is -2.17. The van der Waals surface area contributed by atoms with Crippen LogP contribution in [0.15, 0.2) is 18.2 Å². The molecule has 0 amide bonds. The molecule has 0 radical (unpaired) electrons. The van der Waals surface area contributed by atoms with Crippen molar-refractivity contribution >= 4 is 5.97 Å². The van der Waals surface area contributed by atoms with Crippen LogP contribution in [0.1, 0.15) is 18.9 Å². The van der Waals surface area contributed by atoms with Crippen LogP contribution in [0.5, 0.6) is 11.5 Å². The van der Waals surface area contributed by atoms with Gasteiger partial charge in [-0.1, -0.05) is 19.1 Å². The molecule has 1 aliphatic rings. The van der Waals surface area contributed by atoms with E-state index >= 15 is 0 Å². The molecule has 1 aromatic carbocycles. The molecule has 1 N–H and O–H groups in total. The van der Waals surface area contributed by atoms with Gasteiger partial charge in [-0.2, -0.15) is 0 Å². The smallest absolute Gasteiger partial charge is 0.306 e. The highest BCUT2D eigenvalue weighted by molar-refractivity contribution is 5.69. The van der Waals surface area contributed by atoms with Gasteiger partial charge in [0.2, 0.25) is 0 Å². The maximum absolute atomic E-state index is 10.8. The number of aryl methyl sites for hydroxylation is 1. The highest BCUT2D eigenvalue weighted by Crippen LogP contribution is 2.34. The second kappa shape index (κ2) is 5.08. The number of carbonyl (C=O) groups is 1. The molecule has 17 heavy (non-hydrogen) atoms. The molecular formula is C13H16O4. The number of hydrogen-bond donors (Lipinski definition) is 1. The average Bonchev–Trinajstić information content (AvgIpc) is 2.35. The first-order valence-corrected chi connectivity index (χ1v) is 5.79. The third-order valence-electron chi connectivity index (χ3n) is 2.92. The molecule has 0 saturated heterocycles. The molecule has 92 valence electrons. The molecular weight excluding hydrogens is 220 g/mol. The van der Waals surface area contributed by atoms with E-state index in [-0.39, 0.29) is 5.92 Å². The van der Waals surface area contributed by atoms with Crippen LogP contribution in [0.25, 0.3) is 0 Å². The topological polar surface area (TPSA) is 55.8 Å². The quantitative estimate of drug-likeness (QED) is 0.869. The summed E-state index contributed by atoms with van der Waals surface area (Å²) >= 11 is 0. The van der Waals surface area contributed by atoms with Gasteiger partial charge in [-0.05, 0) is 24.5 Å². The van der Waals surface area contributed by atoms with Crippen molar-refractivity contribution in [3.05, 3.63) is 23.8 Å². The fourth-order valence-electron chi connectivity index (χ4n) is 1.83. The van der Waals surface area contributed by atoms with E-state index in [0.717, 1.165) is 17.1 Å². The van der Waals surface area contributed by atoms with Crippen LogP contribution in [-0.4, -0.2) is 24.3 Å². The fourth-order valence-corrected chi connectivity index (χ4v) is 1.83. The van der Waals surface area contributed by atoms with Crippen molar-refractivity contribution in [2.45, 2.75) is 19.8 Å². The van der Waals surface area contributed by atoms with Crippen molar-refractivity contribution in [2.24, 2.45) is 5.92 Å². The van der Waals surface area contributed by atoms with Crippen LogP contribution in [0.2, 0.25) is 0 Å². The van der Waals surface area contributed by atoms with Crippen molar-refractivity contribution < 1.29 is 19.4 Å². The normalized spacial score (nSPS) is 15.4. The van der Waals surface area contributed by atoms with E-state index in [4.69, 9.17) is 14.6 Å². The zero-order valence-electron chi connectivity index (χ0n) is 9.81. The first-order chi connectivity index (χ1) is 8.18. The molecule has 1 unspecified atom stereocenters. The number of fused-ring (bicyclic) bond motifs is 1. The highest BCUT2D eigenvalue weighted by atomic mass is 16.6. The zero-order chi connectivity index (χ0) is 12.3. The summed E-state index contributed by atoms with van der Waals surface area (Å²) in [7, 11) is 0. The van der Waals surface area contributed by atoms with Gasteiger partial charge >= 0.3 is 5.97 Å². The third-order valence-corrected chi connectivity index (χ3v) is 2.92. The van der Waals surface area contributed by atoms with Gasteiger partial charge in [-0.3, -0.25) is 4.79 Å². The van der Waals surface area contributed by atoms with Gasteiger partial charge in [0.05, 0.1) is 5.92 Å². The van der Waals surface area contributed by atoms with Crippen molar-refractivity contribution in [3.8, 4) is 11.5 Å². The Hall–Kier alpha value is -1.71. The largest absolute Gasteiger partial charge is 0.486 e. The number of rotatable bonds is 4. The lowest BCUT2D eigenvalue weighted by Gasteiger charge is -2.21. The number of benzene rings is 1. The Labute approximate surface area is 100 Å². The molecule has 1 aromatic rings. The van der Waals surface area contributed by atoms with Gasteiger partial charge in [0.15, 0.2) is 11.5 Å². The van der Waals surface area contributed by atoms with Crippen LogP contribution in [0.3, 0.4) is 0 Å². The molecule has 0 spiro atoms. The van der Waals surface area contributed by atoms with E-state index in [0.29, 0.717) is 26.1 Å². The second-order valence-electron chi connectivity index (χ2n) is 4.22. The average molecular weight is 236 g/mol. The van der Waals surface area contributed by atoms with Crippen LogP contribution in [0.4, 0.5) is 0 Å². The Bertz CT molecular complexity index is 414. The van der Waals surface area contributed by atoms with Crippen LogP contribution in [-0.2, 0) is 11.2 Å². The first kappa shape index (κ1) is 11.8. The van der Waals surface area contributed by atoms with Gasteiger partial charge in [0.25, 0.3) is 0 Å². The maximum atomic E-state index is 10.8. The molecule has 4 heteroatoms. The summed E-state index contributed by atoms with van der Waals surface area (Å²) in [5.74, 6) is 0.440. The summed E-state index contributed by atoms with van der Waals surface area (Å²) < 4.78 is 11.1. The monoisotopic (exact) mass is 236 g/mol. The summed E-state index contributed by atoms with van der Waals surface area (Å²) in [6.45, 7) is 2.84. The first-order valence-electron chi connectivity index (χ1n) is 5.79. The molecule has 0 saturated carbocycles. The summed E-state index contributed by atoms with van der Waals surface area (Å²) in [4.78, 5) is 10.8. The number of carboxylic acid groups (broad SMARTS) is 1. The van der Waals surface area contributed by atoms with E-state index in [1.165, 1.54) is 0 Å². The Kier molecular flexibility index (Phi) is 3.52. The van der Waals surface area contributed by atoms with Gasteiger partial charge in [-0.15, -0.1) is 0 Å². The predicted molar refractivity (Wildman–Crippen MR) is 62.6 cm³/mol. The zero-order valence-corrected chi connectivity index (χ0v) is 9.81. The molecule has 1 atom stereocenters. The van der Waals surface area contributed by atoms with Gasteiger partial charge in [0, 0.05) is 0 Å². The van der Waals surface area contributed by atoms with Gasteiger partial charge in [0.1, 0.15) is 13.2 Å². The lowest BCUT2D eigenvalue weighted by molar-refractivity contribution is -0.141. The molecule has 4 nitrogen and oxygen atoms in total. The minimum absolute atomic E-state index is 0.338. The Morgan fingerprint density at radius 1 is 1.41 bits per heavy atom. The Morgan fingerprint density at radius 2 is 2.18 bits per heavy atom. The third kappa shape index (κ3) is 2.70. The number of aliphatic carboxylic acids is 1. The van der Waals surface area contributed by atoms with Gasteiger partial charge in [-0.25, -0.2) is 0 Å². The minimum Gasteiger partial charge on any atom is -0.486 e. The molecule has 0 fully saturated rings. The summed E-state index contributed by atoms with van der Waals surface area (Å²) in [5, 5.41) is 8.84. The summed E-state index contributed by atoms with van der Waals surface area (Å²) in [5.41, 5.74) is 1.02. The summed E-state index contributed by atoms with van der Waals surface area (Å²) in [6, 6.07) is 5.75. The molecule has 1 heterocycles. The van der Waals surface area contributed by atoms with E-state index < -0.39 is 5.97 Å². The van der Waals surface area contributed by atoms with E-state index in [1.54, 1.807) is 6.92 Å². The van der Waals surface area contributed by atoms with Crippen molar-refractivity contribution in [2.75, 3.05) is 13.2 Å². The van der Waals surface area contributed by atoms with Crippen LogP contribution in [0, 0.1) is 5.92 Å². The van der Waals surface area contributed by atoms with Crippen molar-refractivity contribution in [1.82, 2.24) is 0 Å². The molecule has 0 aromatic heterocycles. The predicted octanol–water partition coefficient (Wildman–Crippen LogP) is 2.11. The molecule has 0 aliphatic carbocycles. The SMILES string of the molecule is CC(CCc1cccc2c1OCCO2)C(=O)O. The van der Waals surface area contributed by atoms with E-state index in [1.807, 2.05) is 18.2 Å². The fraction of sp³-hybridized carbons (Fsp3) is 0.462. The van der Waals surface area contributed by atoms with E-state index in [2.05, 4.69) is 0 Å². The van der Waals surface area contributed by atoms with Crippen molar-refractivity contribution in [3.63, 3.8) is 0 Å². The van der Waals surface area contributed by atoms with Gasteiger partial charge < -0.3 is 14.6 Å². The number of para-hydroxylation sites is 1. The number of hydrogen-bond acceptors (Lipinski definition) is 3. The molecule has 1 aliphatic heterocycles. The Morgan fingerprint density at radius 3 is 2.94 bits per heavy atom. The second-order valence-corrected chi connectivity index (χ2v) is 4.22. The lowest BCUT2D eigenvalue weighted by atomic mass is 10.0. The molecule has 0 bridgehead atoms. The number of ether oxygens (including phenoxy) is 2. The standard InChI is InChI=1S/C13H16O4/c1-9(13(14)15)5-6-10-3-2-4-11-12(10)17-8-7-16-11/h2-4,9H,5-8H2,1H3,(H,14,15). The molecule has 2 rings (SSSR count). The maximum Gasteiger partial charge on any atom is 0.306 e. The Balaban J connectivity index is 2.08. The highest BCUT2D eigenvalue weighted by Gasteiger charge is 2.17. The number of carboxylic acids is 1. The van der Waals surface area contributed by atoms with E-state index in [9.17, 15) is 4.79 Å². The van der Waals surface area contributed by atoms with Crippen LogP contribution >= 0.6 is 0 Å². The minimum atomic E-state index is -0.757.